The van der Waals surface area contributed by atoms with Gasteiger partial charge < -0.3 is 14.3 Å². The van der Waals surface area contributed by atoms with Crippen LogP contribution >= 0.6 is 0 Å². The molecule has 1 saturated heterocycles. The topological polar surface area (TPSA) is 72.6 Å². The highest BCUT2D eigenvalue weighted by Gasteiger charge is 2.33. The average Bonchev–Trinajstić information content (AvgIpc) is 2.91. The third-order valence-electron chi connectivity index (χ3n) is 3.56. The second kappa shape index (κ2) is 4.72. The molecule has 0 bridgehead atoms. The van der Waals surface area contributed by atoms with Crippen LogP contribution in [-0.4, -0.2) is 28.8 Å². The largest absolute Gasteiger partial charge is 0.475 e. The lowest BCUT2D eigenvalue weighted by molar-refractivity contribution is 0.0657. The van der Waals surface area contributed by atoms with Gasteiger partial charge in [0.25, 0.3) is 0 Å². The Balaban J connectivity index is 1.67. The molecule has 1 aliphatic heterocycles. The van der Waals surface area contributed by atoms with Gasteiger partial charge in [0.15, 0.2) is 5.89 Å². The number of nitrogens with zero attached hydrogens (tertiary/aromatic N) is 1. The van der Waals surface area contributed by atoms with E-state index in [9.17, 15) is 4.79 Å². The van der Waals surface area contributed by atoms with Crippen LogP contribution in [0.5, 0.6) is 0 Å². The Kier molecular flexibility index (Phi) is 3.07. The van der Waals surface area contributed by atoms with Crippen molar-refractivity contribution in [3.63, 3.8) is 0 Å². The van der Waals surface area contributed by atoms with Crippen LogP contribution in [0, 0.1) is 0 Å². The molecule has 1 aromatic heterocycles. The van der Waals surface area contributed by atoms with Gasteiger partial charge in [-0.15, -0.1) is 0 Å². The summed E-state index contributed by atoms with van der Waals surface area (Å²) in [5.41, 5.74) is 0.643. The molecule has 2 fully saturated rings. The van der Waals surface area contributed by atoms with Crippen LogP contribution in [-0.2, 0) is 11.2 Å². The minimum atomic E-state index is -1.01. The summed E-state index contributed by atoms with van der Waals surface area (Å²) in [5, 5.41) is 9.08. The van der Waals surface area contributed by atoms with Gasteiger partial charge in [-0.3, -0.25) is 0 Å². The summed E-state index contributed by atoms with van der Waals surface area (Å²) >= 11 is 0. The molecule has 0 aromatic carbocycles. The second-order valence-electron chi connectivity index (χ2n) is 5.08. The molecule has 0 radical (unpaired) electrons. The monoisotopic (exact) mass is 251 g/mol. The molecule has 1 aliphatic carbocycles. The molecule has 2 aliphatic rings. The Labute approximate surface area is 105 Å². The third-order valence-corrected chi connectivity index (χ3v) is 3.56. The highest BCUT2D eigenvalue weighted by Crippen LogP contribution is 2.41. The van der Waals surface area contributed by atoms with Gasteiger partial charge in [0.1, 0.15) is 0 Å². The zero-order chi connectivity index (χ0) is 12.5. The quantitative estimate of drug-likeness (QED) is 0.869. The number of aromatic carboxylic acids is 1. The first kappa shape index (κ1) is 11.7. The predicted molar refractivity (Wildman–Crippen MR) is 62.7 cm³/mol. The van der Waals surface area contributed by atoms with E-state index in [1.165, 1.54) is 0 Å². The van der Waals surface area contributed by atoms with Crippen LogP contribution in [0.25, 0.3) is 0 Å². The van der Waals surface area contributed by atoms with Crippen molar-refractivity contribution in [2.24, 2.45) is 0 Å². The molecule has 1 unspecified atom stereocenters. The number of aryl methyl sites for hydroxylation is 1. The fourth-order valence-corrected chi connectivity index (χ4v) is 2.43. The van der Waals surface area contributed by atoms with Crippen molar-refractivity contribution in [3.8, 4) is 0 Å². The fourth-order valence-electron chi connectivity index (χ4n) is 2.43. The molecular formula is C13H17NO4. The average molecular weight is 251 g/mol. The number of hydrogen-bond donors (Lipinski definition) is 1. The summed E-state index contributed by atoms with van der Waals surface area (Å²) in [7, 11) is 0. The Bertz CT molecular complexity index is 444. The van der Waals surface area contributed by atoms with Gasteiger partial charge in [0.05, 0.1) is 11.8 Å². The number of carbonyl (C=O) groups is 1. The van der Waals surface area contributed by atoms with Crippen molar-refractivity contribution >= 4 is 5.97 Å². The Morgan fingerprint density at radius 2 is 2.22 bits per heavy atom. The number of ether oxygens (including phenoxy) is 1. The van der Waals surface area contributed by atoms with Crippen molar-refractivity contribution < 1.29 is 19.1 Å². The molecule has 1 saturated carbocycles. The molecule has 1 atom stereocenters. The molecule has 0 amide bonds. The fraction of sp³-hybridized carbons (Fsp3) is 0.692. The van der Waals surface area contributed by atoms with E-state index >= 15 is 0 Å². The molecule has 1 N–H and O–H groups in total. The normalized spacial score (nSPS) is 23.4. The smallest absolute Gasteiger partial charge is 0.373 e. The van der Waals surface area contributed by atoms with Crippen LogP contribution in [0.4, 0.5) is 0 Å². The van der Waals surface area contributed by atoms with E-state index in [0.717, 1.165) is 38.7 Å². The lowest BCUT2D eigenvalue weighted by atomic mass is 10.1. The maximum Gasteiger partial charge on any atom is 0.373 e. The molecule has 5 nitrogen and oxygen atoms in total. The number of aromatic nitrogens is 1. The number of carboxylic acids is 1. The standard InChI is InChI=1S/C13H17NO4/c15-13(16)12-11(8-3-4-8)14-10(18-12)6-5-9-2-1-7-17-9/h8-9H,1-7H2,(H,15,16). The van der Waals surface area contributed by atoms with Crippen LogP contribution in [0.15, 0.2) is 4.42 Å². The number of oxazole rings is 1. The van der Waals surface area contributed by atoms with Crippen molar-refractivity contribution in [3.05, 3.63) is 17.3 Å². The molecule has 0 spiro atoms. The van der Waals surface area contributed by atoms with E-state index in [0.29, 0.717) is 23.9 Å². The summed E-state index contributed by atoms with van der Waals surface area (Å²) in [6.07, 6.45) is 6.07. The van der Waals surface area contributed by atoms with E-state index in [4.69, 9.17) is 14.3 Å². The van der Waals surface area contributed by atoms with Crippen molar-refractivity contribution in [2.45, 2.75) is 50.5 Å². The van der Waals surface area contributed by atoms with Crippen LogP contribution in [0.3, 0.4) is 0 Å². The number of carboxylic acid groups (broad SMARTS) is 1. The first-order valence-electron chi connectivity index (χ1n) is 6.58. The van der Waals surface area contributed by atoms with Gasteiger partial charge in [-0.05, 0) is 32.1 Å². The Hall–Kier alpha value is -1.36. The maximum absolute atomic E-state index is 11.1. The molecule has 98 valence electrons. The van der Waals surface area contributed by atoms with Crippen molar-refractivity contribution in [1.82, 2.24) is 4.98 Å². The Morgan fingerprint density at radius 3 is 2.83 bits per heavy atom. The summed E-state index contributed by atoms with van der Waals surface area (Å²) in [6, 6.07) is 0. The highest BCUT2D eigenvalue weighted by molar-refractivity contribution is 5.85. The summed E-state index contributed by atoms with van der Waals surface area (Å²) in [4.78, 5) is 15.4. The van der Waals surface area contributed by atoms with Crippen LogP contribution in [0.2, 0.25) is 0 Å². The lowest BCUT2D eigenvalue weighted by Crippen LogP contribution is -2.06. The molecule has 18 heavy (non-hydrogen) atoms. The van der Waals surface area contributed by atoms with Gasteiger partial charge in [-0.2, -0.15) is 0 Å². The van der Waals surface area contributed by atoms with Gasteiger partial charge >= 0.3 is 5.97 Å². The van der Waals surface area contributed by atoms with Crippen molar-refractivity contribution in [1.29, 1.82) is 0 Å². The van der Waals surface area contributed by atoms with Gasteiger partial charge in [0.2, 0.25) is 5.76 Å². The van der Waals surface area contributed by atoms with E-state index in [1.54, 1.807) is 0 Å². The minimum Gasteiger partial charge on any atom is -0.475 e. The Morgan fingerprint density at radius 1 is 1.39 bits per heavy atom. The number of hydrogen-bond acceptors (Lipinski definition) is 4. The molecule has 2 heterocycles. The second-order valence-corrected chi connectivity index (χ2v) is 5.08. The highest BCUT2D eigenvalue weighted by atomic mass is 16.5. The zero-order valence-corrected chi connectivity index (χ0v) is 10.2. The van der Waals surface area contributed by atoms with Crippen LogP contribution < -0.4 is 0 Å². The van der Waals surface area contributed by atoms with Crippen LogP contribution in [0.1, 0.15) is 60.2 Å². The zero-order valence-electron chi connectivity index (χ0n) is 10.2. The van der Waals surface area contributed by atoms with Gasteiger partial charge in [-0.25, -0.2) is 9.78 Å². The molecule has 1 aromatic rings. The lowest BCUT2D eigenvalue weighted by Gasteiger charge is -2.05. The first-order chi connectivity index (χ1) is 8.74. The van der Waals surface area contributed by atoms with E-state index in [2.05, 4.69) is 4.98 Å². The SMILES string of the molecule is O=C(O)c1oc(CCC2CCCO2)nc1C1CC1. The summed E-state index contributed by atoms with van der Waals surface area (Å²) < 4.78 is 10.9. The molecule has 3 rings (SSSR count). The molecular weight excluding hydrogens is 234 g/mol. The minimum absolute atomic E-state index is 0.0415. The van der Waals surface area contributed by atoms with E-state index < -0.39 is 5.97 Å². The summed E-state index contributed by atoms with van der Waals surface area (Å²) in [5.74, 6) is -0.117. The van der Waals surface area contributed by atoms with E-state index in [1.807, 2.05) is 0 Å². The third kappa shape index (κ3) is 2.41. The number of rotatable bonds is 5. The van der Waals surface area contributed by atoms with Gasteiger partial charge in [-0.1, -0.05) is 0 Å². The van der Waals surface area contributed by atoms with Crippen molar-refractivity contribution in [2.75, 3.05) is 6.61 Å². The predicted octanol–water partition coefficient (Wildman–Crippen LogP) is 2.36. The first-order valence-corrected chi connectivity index (χ1v) is 6.58. The van der Waals surface area contributed by atoms with E-state index in [-0.39, 0.29) is 11.9 Å². The molecule has 5 heteroatoms. The summed E-state index contributed by atoms with van der Waals surface area (Å²) in [6.45, 7) is 0.837. The maximum atomic E-state index is 11.1. The van der Waals surface area contributed by atoms with Gasteiger partial charge in [0, 0.05) is 18.9 Å².